The molecule has 2 aromatic heterocycles. The van der Waals surface area contributed by atoms with Gasteiger partial charge in [-0.15, -0.1) is 0 Å². The number of rotatable bonds is 7. The summed E-state index contributed by atoms with van der Waals surface area (Å²) in [5.41, 5.74) is 4.63. The second-order valence-electron chi connectivity index (χ2n) is 8.26. The molecule has 0 radical (unpaired) electrons. The van der Waals surface area contributed by atoms with E-state index >= 15 is 0 Å². The molecule has 1 amide bonds. The van der Waals surface area contributed by atoms with Crippen molar-refractivity contribution >= 4 is 5.91 Å². The SMILES string of the molecule is CCCN1CCN(Cc2cccnc2)C[C@@H](Cc2cccc(-c3cccnc3)c2)C1=O. The molecule has 3 heterocycles. The van der Waals surface area contributed by atoms with Gasteiger partial charge in [-0.05, 0) is 47.2 Å². The Morgan fingerprint density at radius 1 is 0.935 bits per heavy atom. The van der Waals surface area contributed by atoms with E-state index in [1.54, 1.807) is 12.4 Å². The Morgan fingerprint density at radius 3 is 2.45 bits per heavy atom. The molecule has 0 saturated carbocycles. The van der Waals surface area contributed by atoms with Crippen molar-refractivity contribution in [2.24, 2.45) is 5.92 Å². The van der Waals surface area contributed by atoms with Crippen molar-refractivity contribution in [1.82, 2.24) is 19.8 Å². The molecule has 1 aliphatic rings. The van der Waals surface area contributed by atoms with E-state index < -0.39 is 0 Å². The molecule has 0 N–H and O–H groups in total. The second-order valence-corrected chi connectivity index (χ2v) is 8.26. The number of pyridine rings is 2. The third-order valence-corrected chi connectivity index (χ3v) is 5.85. The van der Waals surface area contributed by atoms with Crippen molar-refractivity contribution in [2.75, 3.05) is 26.2 Å². The molecule has 0 spiro atoms. The van der Waals surface area contributed by atoms with Gasteiger partial charge in [0.15, 0.2) is 0 Å². The molecule has 4 rings (SSSR count). The Labute approximate surface area is 184 Å². The van der Waals surface area contributed by atoms with Gasteiger partial charge in [0.2, 0.25) is 5.91 Å². The van der Waals surface area contributed by atoms with E-state index in [-0.39, 0.29) is 11.8 Å². The molecule has 160 valence electrons. The van der Waals surface area contributed by atoms with Gasteiger partial charge < -0.3 is 4.90 Å². The summed E-state index contributed by atoms with van der Waals surface area (Å²) in [5, 5.41) is 0. The molecular weight excluding hydrogens is 384 g/mol. The molecule has 0 aliphatic carbocycles. The average Bonchev–Trinajstić information content (AvgIpc) is 2.95. The molecule has 0 bridgehead atoms. The van der Waals surface area contributed by atoms with Crippen LogP contribution in [0.4, 0.5) is 0 Å². The van der Waals surface area contributed by atoms with Crippen molar-refractivity contribution in [1.29, 1.82) is 0 Å². The minimum Gasteiger partial charge on any atom is -0.341 e. The molecule has 1 aliphatic heterocycles. The van der Waals surface area contributed by atoms with Crippen LogP contribution in [0.1, 0.15) is 24.5 Å². The minimum absolute atomic E-state index is 0.0464. The van der Waals surface area contributed by atoms with Crippen LogP contribution in [0.2, 0.25) is 0 Å². The summed E-state index contributed by atoms with van der Waals surface area (Å²) in [5.74, 6) is 0.234. The minimum atomic E-state index is -0.0464. The third-order valence-electron chi connectivity index (χ3n) is 5.85. The quantitative estimate of drug-likeness (QED) is 0.585. The maximum atomic E-state index is 13.4. The summed E-state index contributed by atoms with van der Waals surface area (Å²) in [6.07, 6.45) is 9.12. The van der Waals surface area contributed by atoms with E-state index in [0.29, 0.717) is 0 Å². The third kappa shape index (κ3) is 5.56. The largest absolute Gasteiger partial charge is 0.341 e. The molecular formula is C26H30N4O. The van der Waals surface area contributed by atoms with E-state index in [9.17, 15) is 4.79 Å². The van der Waals surface area contributed by atoms with Gasteiger partial charge in [0.05, 0.1) is 5.92 Å². The van der Waals surface area contributed by atoms with Crippen LogP contribution in [0.3, 0.4) is 0 Å². The first-order valence-electron chi connectivity index (χ1n) is 11.1. The number of carbonyl (C=O) groups is 1. The summed E-state index contributed by atoms with van der Waals surface area (Å²) in [6, 6.07) is 16.6. The van der Waals surface area contributed by atoms with E-state index in [0.717, 1.165) is 56.7 Å². The highest BCUT2D eigenvalue weighted by Gasteiger charge is 2.30. The van der Waals surface area contributed by atoms with Crippen molar-refractivity contribution in [3.05, 3.63) is 84.4 Å². The number of nitrogens with zero attached hydrogens (tertiary/aromatic N) is 4. The van der Waals surface area contributed by atoms with Crippen LogP contribution >= 0.6 is 0 Å². The first-order valence-corrected chi connectivity index (χ1v) is 11.1. The predicted molar refractivity (Wildman–Crippen MR) is 123 cm³/mol. The number of benzene rings is 1. The van der Waals surface area contributed by atoms with E-state index in [2.05, 4.69) is 63.1 Å². The first-order chi connectivity index (χ1) is 15.2. The lowest BCUT2D eigenvalue weighted by molar-refractivity contribution is -0.134. The number of hydrogen-bond acceptors (Lipinski definition) is 4. The molecule has 5 nitrogen and oxygen atoms in total. The molecule has 1 atom stereocenters. The van der Waals surface area contributed by atoms with Crippen LogP contribution in [0.5, 0.6) is 0 Å². The van der Waals surface area contributed by atoms with Crippen LogP contribution in [0, 0.1) is 5.92 Å². The summed E-state index contributed by atoms with van der Waals surface area (Å²) in [4.78, 5) is 26.3. The summed E-state index contributed by atoms with van der Waals surface area (Å²) in [6.45, 7) is 6.24. The fraction of sp³-hybridized carbons (Fsp3) is 0.346. The Morgan fingerprint density at radius 2 is 1.71 bits per heavy atom. The maximum Gasteiger partial charge on any atom is 0.227 e. The van der Waals surface area contributed by atoms with Gasteiger partial charge in [-0.25, -0.2) is 0 Å². The lowest BCUT2D eigenvalue weighted by Crippen LogP contribution is -2.37. The van der Waals surface area contributed by atoms with Crippen LogP contribution in [-0.2, 0) is 17.8 Å². The molecule has 1 fully saturated rings. The smallest absolute Gasteiger partial charge is 0.227 e. The average molecular weight is 415 g/mol. The topological polar surface area (TPSA) is 49.3 Å². The number of carbonyl (C=O) groups excluding carboxylic acids is 1. The monoisotopic (exact) mass is 414 g/mol. The predicted octanol–water partition coefficient (Wildman–Crippen LogP) is 4.06. The van der Waals surface area contributed by atoms with Gasteiger partial charge in [-0.1, -0.05) is 43.3 Å². The van der Waals surface area contributed by atoms with Gasteiger partial charge in [-0.2, -0.15) is 0 Å². The van der Waals surface area contributed by atoms with E-state index in [4.69, 9.17) is 0 Å². The Hall–Kier alpha value is -3.05. The molecule has 1 aromatic carbocycles. The zero-order valence-electron chi connectivity index (χ0n) is 18.2. The zero-order chi connectivity index (χ0) is 21.5. The second kappa shape index (κ2) is 10.3. The Bertz CT molecular complexity index is 977. The number of aromatic nitrogens is 2. The lowest BCUT2D eigenvalue weighted by atomic mass is 9.95. The molecule has 0 unspecified atom stereocenters. The molecule has 5 heteroatoms. The van der Waals surface area contributed by atoms with Crippen LogP contribution < -0.4 is 0 Å². The fourth-order valence-electron chi connectivity index (χ4n) is 4.34. The van der Waals surface area contributed by atoms with Gasteiger partial charge in [0.1, 0.15) is 0 Å². The van der Waals surface area contributed by atoms with Gasteiger partial charge in [0, 0.05) is 57.5 Å². The van der Waals surface area contributed by atoms with Crippen molar-refractivity contribution in [3.8, 4) is 11.1 Å². The maximum absolute atomic E-state index is 13.4. The normalized spacial score (nSPS) is 17.5. The highest BCUT2D eigenvalue weighted by Crippen LogP contribution is 2.23. The van der Waals surface area contributed by atoms with Crippen molar-refractivity contribution < 1.29 is 4.79 Å². The highest BCUT2D eigenvalue weighted by atomic mass is 16.2. The van der Waals surface area contributed by atoms with Crippen LogP contribution in [0.15, 0.2) is 73.3 Å². The van der Waals surface area contributed by atoms with Crippen molar-refractivity contribution in [2.45, 2.75) is 26.3 Å². The van der Waals surface area contributed by atoms with Crippen molar-refractivity contribution in [3.63, 3.8) is 0 Å². The Balaban J connectivity index is 1.54. The summed E-state index contributed by atoms with van der Waals surface area (Å²) in [7, 11) is 0. The molecule has 31 heavy (non-hydrogen) atoms. The van der Waals surface area contributed by atoms with E-state index in [1.807, 2.05) is 24.5 Å². The lowest BCUT2D eigenvalue weighted by Gasteiger charge is -2.24. The van der Waals surface area contributed by atoms with Gasteiger partial charge >= 0.3 is 0 Å². The summed E-state index contributed by atoms with van der Waals surface area (Å²) >= 11 is 0. The van der Waals surface area contributed by atoms with E-state index in [1.165, 1.54) is 11.1 Å². The number of hydrogen-bond donors (Lipinski definition) is 0. The summed E-state index contributed by atoms with van der Waals surface area (Å²) < 4.78 is 0. The fourth-order valence-corrected chi connectivity index (χ4v) is 4.34. The van der Waals surface area contributed by atoms with Gasteiger partial charge in [-0.3, -0.25) is 19.7 Å². The molecule has 3 aromatic rings. The van der Waals surface area contributed by atoms with Crippen LogP contribution in [-0.4, -0.2) is 51.9 Å². The van der Waals surface area contributed by atoms with Gasteiger partial charge in [0.25, 0.3) is 0 Å². The molecule has 1 saturated heterocycles. The zero-order valence-corrected chi connectivity index (χ0v) is 18.2. The Kier molecular flexibility index (Phi) is 7.05. The number of amides is 1. The first kappa shape index (κ1) is 21.2. The standard InChI is InChI=1S/C26H30N4O/c1-2-12-30-14-13-29(19-22-7-4-10-27-17-22)20-25(26(30)31)16-21-6-3-8-23(15-21)24-9-5-11-28-18-24/h3-11,15,17-18,25H,2,12-14,16,19-20H2,1H3/t25-/m1/s1. The highest BCUT2D eigenvalue weighted by molar-refractivity contribution is 5.80. The van der Waals surface area contributed by atoms with Crippen LogP contribution in [0.25, 0.3) is 11.1 Å².